The highest BCUT2D eigenvalue weighted by molar-refractivity contribution is 6.03. The molecule has 1 aliphatic heterocycles. The van der Waals surface area contributed by atoms with E-state index in [1.54, 1.807) is 0 Å². The van der Waals surface area contributed by atoms with E-state index in [0.29, 0.717) is 13.2 Å². The number of carbonyl (C=O) groups is 3. The topological polar surface area (TPSA) is 100 Å². The van der Waals surface area contributed by atoms with Crippen LogP contribution in [-0.2, 0) is 23.7 Å². The van der Waals surface area contributed by atoms with Crippen LogP contribution in [0.5, 0.6) is 0 Å². The molecule has 1 fully saturated rings. The van der Waals surface area contributed by atoms with Crippen LogP contribution in [0.4, 0.5) is 5.69 Å². The van der Waals surface area contributed by atoms with Crippen LogP contribution in [0.3, 0.4) is 0 Å². The second-order valence-electron chi connectivity index (χ2n) is 5.72. The van der Waals surface area contributed by atoms with Gasteiger partial charge in [0, 0.05) is 13.2 Å². The number of anilines is 1. The molecule has 1 aromatic carbocycles. The third kappa shape index (κ3) is 5.53. The van der Waals surface area contributed by atoms with E-state index in [4.69, 9.17) is 14.2 Å². The lowest BCUT2D eigenvalue weighted by atomic mass is 10.1. The van der Waals surface area contributed by atoms with Crippen molar-refractivity contribution in [1.29, 1.82) is 0 Å². The van der Waals surface area contributed by atoms with Crippen molar-refractivity contribution in [3.8, 4) is 0 Å². The van der Waals surface area contributed by atoms with E-state index in [0.717, 1.165) is 12.8 Å². The van der Waals surface area contributed by atoms with Crippen molar-refractivity contribution in [3.63, 3.8) is 0 Å². The Morgan fingerprint density at radius 2 is 1.81 bits per heavy atom. The number of benzene rings is 1. The maximum Gasteiger partial charge on any atom is 0.339 e. The van der Waals surface area contributed by atoms with Crippen LogP contribution < -0.4 is 5.32 Å². The van der Waals surface area contributed by atoms with Gasteiger partial charge in [0.1, 0.15) is 0 Å². The van der Waals surface area contributed by atoms with E-state index in [2.05, 4.69) is 10.1 Å². The lowest BCUT2D eigenvalue weighted by molar-refractivity contribution is -0.118. The zero-order valence-corrected chi connectivity index (χ0v) is 14.9. The third-order valence-electron chi connectivity index (χ3n) is 3.97. The third-order valence-corrected chi connectivity index (χ3v) is 3.97. The van der Waals surface area contributed by atoms with E-state index in [-0.39, 0.29) is 41.9 Å². The van der Waals surface area contributed by atoms with Gasteiger partial charge in [-0.25, -0.2) is 9.59 Å². The molecule has 0 saturated carbocycles. The molecule has 8 nitrogen and oxygen atoms in total. The molecular formula is C18H23NO7. The fourth-order valence-corrected chi connectivity index (χ4v) is 2.55. The van der Waals surface area contributed by atoms with Crippen LogP contribution in [0.15, 0.2) is 18.2 Å². The monoisotopic (exact) mass is 365 g/mol. The number of esters is 2. The lowest BCUT2D eigenvalue weighted by Crippen LogP contribution is -2.25. The number of ether oxygens (including phenoxy) is 4. The molecule has 0 spiro atoms. The Morgan fingerprint density at radius 1 is 1.12 bits per heavy atom. The number of methoxy groups -OCH3 is 2. The number of carbonyl (C=O) groups excluding carboxylic acids is 3. The van der Waals surface area contributed by atoms with Crippen molar-refractivity contribution in [2.75, 3.05) is 39.4 Å². The summed E-state index contributed by atoms with van der Waals surface area (Å²) in [6.07, 6.45) is 1.86. The Morgan fingerprint density at radius 3 is 2.46 bits per heavy atom. The molecule has 26 heavy (non-hydrogen) atoms. The van der Waals surface area contributed by atoms with Crippen molar-refractivity contribution in [3.05, 3.63) is 29.3 Å². The maximum absolute atomic E-state index is 12.2. The molecule has 142 valence electrons. The molecule has 1 amide bonds. The number of nitrogens with one attached hydrogen (secondary N) is 1. The first kappa shape index (κ1) is 19.9. The smallest absolute Gasteiger partial charge is 0.339 e. The van der Waals surface area contributed by atoms with Crippen molar-refractivity contribution >= 4 is 23.5 Å². The average Bonchev–Trinajstić information content (AvgIpc) is 2.67. The van der Waals surface area contributed by atoms with Gasteiger partial charge in [0.15, 0.2) is 0 Å². The number of rotatable bonds is 7. The first-order valence-corrected chi connectivity index (χ1v) is 8.35. The summed E-state index contributed by atoms with van der Waals surface area (Å²) in [6, 6.07) is 4.23. The van der Waals surface area contributed by atoms with Crippen LogP contribution in [-0.4, -0.2) is 58.0 Å². The van der Waals surface area contributed by atoms with Crippen molar-refractivity contribution in [2.45, 2.75) is 25.4 Å². The summed E-state index contributed by atoms with van der Waals surface area (Å²) >= 11 is 0. The summed E-state index contributed by atoms with van der Waals surface area (Å²) in [6.45, 7) is 1.60. The Balaban J connectivity index is 1.99. The summed E-state index contributed by atoms with van der Waals surface area (Å²) < 4.78 is 20.3. The second-order valence-corrected chi connectivity index (χ2v) is 5.72. The Kier molecular flexibility index (Phi) is 7.55. The van der Waals surface area contributed by atoms with Gasteiger partial charge in [0.25, 0.3) is 0 Å². The molecule has 8 heteroatoms. The minimum Gasteiger partial charge on any atom is -0.465 e. The highest BCUT2D eigenvalue weighted by Gasteiger charge is 2.18. The van der Waals surface area contributed by atoms with Crippen molar-refractivity contribution in [2.24, 2.45) is 0 Å². The number of hydrogen-bond acceptors (Lipinski definition) is 7. The van der Waals surface area contributed by atoms with Gasteiger partial charge in [-0.1, -0.05) is 0 Å². The SMILES string of the molecule is COC(=O)c1ccc(C(=O)OC)c(NC(=O)CCOC2CCOCC2)c1. The molecule has 1 N–H and O–H groups in total. The quantitative estimate of drug-likeness (QED) is 0.735. The first-order valence-electron chi connectivity index (χ1n) is 8.35. The average molecular weight is 365 g/mol. The van der Waals surface area contributed by atoms with Crippen LogP contribution in [0, 0.1) is 0 Å². The Labute approximate surface area is 151 Å². The lowest BCUT2D eigenvalue weighted by Gasteiger charge is -2.22. The molecule has 1 heterocycles. The molecule has 0 radical (unpaired) electrons. The van der Waals surface area contributed by atoms with Gasteiger partial charge in [-0.05, 0) is 31.0 Å². The molecule has 1 aromatic rings. The largest absolute Gasteiger partial charge is 0.465 e. The minimum atomic E-state index is -0.616. The van der Waals surface area contributed by atoms with E-state index in [1.807, 2.05) is 0 Å². The van der Waals surface area contributed by atoms with Crippen LogP contribution >= 0.6 is 0 Å². The molecule has 1 aliphatic rings. The van der Waals surface area contributed by atoms with Crippen LogP contribution in [0.25, 0.3) is 0 Å². The van der Waals surface area contributed by atoms with Gasteiger partial charge in [0.2, 0.25) is 5.91 Å². The molecule has 0 bridgehead atoms. The zero-order valence-electron chi connectivity index (χ0n) is 14.9. The minimum absolute atomic E-state index is 0.102. The van der Waals surface area contributed by atoms with Crippen LogP contribution in [0.2, 0.25) is 0 Å². The zero-order chi connectivity index (χ0) is 18.9. The van der Waals surface area contributed by atoms with Gasteiger partial charge in [-0.15, -0.1) is 0 Å². The van der Waals surface area contributed by atoms with Gasteiger partial charge in [-0.2, -0.15) is 0 Å². The van der Waals surface area contributed by atoms with Crippen LogP contribution in [0.1, 0.15) is 40.0 Å². The maximum atomic E-state index is 12.2. The predicted octanol–water partition coefficient (Wildman–Crippen LogP) is 1.78. The summed E-state index contributed by atoms with van der Waals surface area (Å²) in [7, 11) is 2.49. The predicted molar refractivity (Wildman–Crippen MR) is 92.2 cm³/mol. The van der Waals surface area contributed by atoms with E-state index in [9.17, 15) is 14.4 Å². The van der Waals surface area contributed by atoms with Crippen molar-refractivity contribution < 1.29 is 33.3 Å². The number of amides is 1. The van der Waals surface area contributed by atoms with E-state index < -0.39 is 11.9 Å². The molecule has 0 aromatic heterocycles. The fourth-order valence-electron chi connectivity index (χ4n) is 2.55. The molecular weight excluding hydrogens is 342 g/mol. The first-order chi connectivity index (χ1) is 12.5. The van der Waals surface area contributed by atoms with Gasteiger partial charge in [-0.3, -0.25) is 4.79 Å². The molecule has 1 saturated heterocycles. The van der Waals surface area contributed by atoms with E-state index >= 15 is 0 Å². The molecule has 2 rings (SSSR count). The van der Waals surface area contributed by atoms with Gasteiger partial charge < -0.3 is 24.3 Å². The Bertz CT molecular complexity index is 653. The van der Waals surface area contributed by atoms with Gasteiger partial charge >= 0.3 is 11.9 Å². The Hall–Kier alpha value is -2.45. The highest BCUT2D eigenvalue weighted by Crippen LogP contribution is 2.20. The summed E-state index contributed by atoms with van der Waals surface area (Å²) in [5.74, 6) is -1.51. The summed E-state index contributed by atoms with van der Waals surface area (Å²) in [5, 5.41) is 2.63. The standard InChI is InChI=1S/C18H23NO7/c1-23-17(21)12-3-4-14(18(22)24-2)15(11-12)19-16(20)7-10-26-13-5-8-25-9-6-13/h3-4,11,13H,5-10H2,1-2H3,(H,19,20). The highest BCUT2D eigenvalue weighted by atomic mass is 16.5. The van der Waals surface area contributed by atoms with Gasteiger partial charge in [0.05, 0.1) is 50.2 Å². The van der Waals surface area contributed by atoms with Crippen molar-refractivity contribution in [1.82, 2.24) is 0 Å². The summed E-state index contributed by atoms with van der Waals surface area (Å²) in [5.41, 5.74) is 0.559. The molecule has 0 aliphatic carbocycles. The number of hydrogen-bond donors (Lipinski definition) is 1. The fraction of sp³-hybridized carbons (Fsp3) is 0.500. The molecule has 0 atom stereocenters. The van der Waals surface area contributed by atoms with E-state index in [1.165, 1.54) is 32.4 Å². The molecule has 0 unspecified atom stereocenters. The normalized spacial score (nSPS) is 14.5. The summed E-state index contributed by atoms with van der Waals surface area (Å²) in [4.78, 5) is 35.7. The second kappa shape index (κ2) is 9.88.